The number of nitrogens with two attached hydrogens (primary N) is 7. The summed E-state index contributed by atoms with van der Waals surface area (Å²) in [6.07, 6.45) is 2.54. The Labute approximate surface area is 389 Å². The van der Waals surface area contributed by atoms with Crippen LogP contribution in [0.1, 0.15) is 87.1 Å². The first-order valence-corrected chi connectivity index (χ1v) is 22.1. The zero-order chi connectivity index (χ0) is 49.9. The smallest absolute Gasteiger partial charge is 0.254 e. The first-order chi connectivity index (χ1) is 31.9. The van der Waals surface area contributed by atoms with Gasteiger partial charge in [-0.2, -0.15) is 0 Å². The van der Waals surface area contributed by atoms with Crippen molar-refractivity contribution in [2.24, 2.45) is 44.4 Å². The van der Waals surface area contributed by atoms with Crippen molar-refractivity contribution in [2.75, 3.05) is 32.0 Å². The number of benzene rings is 2. The molecule has 22 N–H and O–H groups in total. The Morgan fingerprint density at radius 3 is 1.45 bits per heavy atom. The zero-order valence-corrected chi connectivity index (χ0v) is 37.9. The van der Waals surface area contributed by atoms with E-state index < -0.39 is 84.2 Å². The topological polar surface area (TPSA) is 439 Å². The molecule has 0 aliphatic rings. The predicted molar refractivity (Wildman–Crippen MR) is 252 cm³/mol. The second-order valence-corrected chi connectivity index (χ2v) is 15.7. The van der Waals surface area contributed by atoms with E-state index in [1.54, 1.807) is 18.2 Å². The molecule has 24 heteroatoms. The molecule has 0 aliphatic heterocycles. The number of aliphatic hydroxyl groups is 1. The first-order valence-electron chi connectivity index (χ1n) is 22.1. The molecule has 0 aliphatic carbocycles. The van der Waals surface area contributed by atoms with Gasteiger partial charge in [0.05, 0.1) is 12.2 Å². The number of phenolic OH excluding ortho intramolecular Hbond substituents is 1. The summed E-state index contributed by atoms with van der Waals surface area (Å²) in [4.78, 5) is 103. The summed E-state index contributed by atoms with van der Waals surface area (Å²) in [6.45, 7) is 1.36. The van der Waals surface area contributed by atoms with E-state index in [-0.39, 0.29) is 87.0 Å². The number of para-hydroxylation sites is 1. The van der Waals surface area contributed by atoms with Crippen LogP contribution in [0.2, 0.25) is 0 Å². The number of anilines is 1. The molecule has 1 unspecified atom stereocenters. The van der Waals surface area contributed by atoms with Gasteiger partial charge in [-0.05, 0) is 87.7 Å². The Morgan fingerprint density at radius 2 is 1.00 bits per heavy atom. The number of nitrogen functional groups attached to an aromatic ring is 1. The maximum Gasteiger partial charge on any atom is 0.254 e. The van der Waals surface area contributed by atoms with Gasteiger partial charge >= 0.3 is 0 Å². The van der Waals surface area contributed by atoms with Crippen LogP contribution in [0.4, 0.5) is 5.69 Å². The Morgan fingerprint density at radius 1 is 0.567 bits per heavy atom. The molecule has 0 radical (unpaired) electrons. The third-order valence-electron chi connectivity index (χ3n) is 10.3. The molecule has 0 spiro atoms. The van der Waals surface area contributed by atoms with Gasteiger partial charge < -0.3 is 82.2 Å². The Kier molecular flexibility index (Phi) is 25.1. The molecule has 67 heavy (non-hydrogen) atoms. The van der Waals surface area contributed by atoms with Gasteiger partial charge in [0.15, 0.2) is 11.9 Å². The van der Waals surface area contributed by atoms with E-state index in [0.29, 0.717) is 37.8 Å². The number of hydrogen-bond donors (Lipinski definition) is 15. The van der Waals surface area contributed by atoms with Crippen LogP contribution in [-0.4, -0.2) is 126 Å². The molecule has 0 saturated carbocycles. The Hall–Kier alpha value is -7.21. The molecule has 2 aromatic rings. The maximum absolute atomic E-state index is 14.2. The fourth-order valence-corrected chi connectivity index (χ4v) is 6.57. The molecule has 6 atom stereocenters. The SMILES string of the molecule is CCCCC(NC(=O)c1ccccc1N)C(=O)N[C@@H](CCCCN)C(=O)N[C@@H](CCCN=C(N)N)C(=O)N[C@@H](CCCN=C(N)N)C(=O)N[C@@H](CO)C(=O)N[C@@H](Cc1ccc(O)cc1)C(N)=O. The van der Waals surface area contributed by atoms with Crippen LogP contribution in [0, 0.1) is 0 Å². The molecule has 24 nitrogen and oxygen atoms in total. The number of rotatable bonds is 31. The fraction of sp³-hybridized carbons (Fsp3) is 0.512. The van der Waals surface area contributed by atoms with E-state index in [9.17, 15) is 43.8 Å². The Bertz CT molecular complexity index is 1990. The summed E-state index contributed by atoms with van der Waals surface area (Å²) in [5, 5.41) is 35.4. The number of aliphatic hydroxyl groups excluding tert-OH is 1. The largest absolute Gasteiger partial charge is 0.508 e. The number of guanidine groups is 2. The van der Waals surface area contributed by atoms with Gasteiger partial charge in [-0.1, -0.05) is 44.0 Å². The minimum absolute atomic E-state index is 0.0251. The standard InChI is InChI=1S/C43H69N15O9/c1-2-3-12-29(53-36(62)27-10-4-5-11-28(27)45)37(63)54-30(13-6-7-20-44)38(64)55-31(14-8-21-51-42(47)48)39(65)56-32(15-9-22-52-43(49)50)40(66)58-34(24-59)41(67)57-33(35(46)61)23-25-16-18-26(60)19-17-25/h4-5,10-11,16-19,29-34,59-60H,2-3,6-9,12-15,20-24,44-45H2,1H3,(H2,46,61)(H,53,62)(H,54,63)(H,55,64)(H,56,65)(H,57,67)(H,58,66)(H4,47,48,51)(H4,49,50,52)/t29?,30-,31-,32-,33-,34-/m0/s1. The predicted octanol–water partition coefficient (Wildman–Crippen LogP) is -3.36. The molecule has 0 aromatic heterocycles. The van der Waals surface area contributed by atoms with Crippen LogP contribution < -0.4 is 72.0 Å². The third kappa shape index (κ3) is 21.1. The number of nitrogens with one attached hydrogen (secondary N) is 6. The number of aliphatic imine (C=N–C) groups is 2. The van der Waals surface area contributed by atoms with Crippen molar-refractivity contribution in [3.63, 3.8) is 0 Å². The number of amides is 7. The first kappa shape index (κ1) is 55.9. The molecule has 370 valence electrons. The molecule has 7 amide bonds. The summed E-state index contributed by atoms with van der Waals surface area (Å²) in [7, 11) is 0. The average Bonchev–Trinajstić information content (AvgIpc) is 3.28. The quantitative estimate of drug-likeness (QED) is 0.0152. The number of hydrogen-bond acceptors (Lipinski definition) is 13. The van der Waals surface area contributed by atoms with Crippen molar-refractivity contribution >= 4 is 59.0 Å². The normalized spacial score (nSPS) is 13.5. The van der Waals surface area contributed by atoms with Crippen LogP contribution >= 0.6 is 0 Å². The molecule has 0 heterocycles. The minimum Gasteiger partial charge on any atom is -0.508 e. The van der Waals surface area contributed by atoms with Crippen molar-refractivity contribution < 1.29 is 43.8 Å². The second-order valence-electron chi connectivity index (χ2n) is 15.7. The summed E-state index contributed by atoms with van der Waals surface area (Å²) in [5.74, 6) is -6.14. The van der Waals surface area contributed by atoms with Crippen LogP contribution in [-0.2, 0) is 35.2 Å². The van der Waals surface area contributed by atoms with Crippen molar-refractivity contribution in [2.45, 2.75) is 114 Å². The van der Waals surface area contributed by atoms with Crippen molar-refractivity contribution in [1.29, 1.82) is 0 Å². The molecule has 0 bridgehead atoms. The maximum atomic E-state index is 14.2. The highest BCUT2D eigenvalue weighted by molar-refractivity contribution is 6.02. The zero-order valence-electron chi connectivity index (χ0n) is 37.9. The van der Waals surface area contributed by atoms with Crippen molar-refractivity contribution in [1.82, 2.24) is 31.9 Å². The molecule has 0 fully saturated rings. The van der Waals surface area contributed by atoms with Crippen molar-refractivity contribution in [3.05, 3.63) is 59.7 Å². The van der Waals surface area contributed by atoms with Gasteiger partial charge in [0.25, 0.3) is 5.91 Å². The van der Waals surface area contributed by atoms with E-state index >= 15 is 0 Å². The Balaban J connectivity index is 2.40. The third-order valence-corrected chi connectivity index (χ3v) is 10.3. The molecule has 0 saturated heterocycles. The lowest BCUT2D eigenvalue weighted by molar-refractivity contribution is -0.135. The van der Waals surface area contributed by atoms with Crippen molar-refractivity contribution in [3.8, 4) is 5.75 Å². The lowest BCUT2D eigenvalue weighted by atomic mass is 10.0. The molecular weight excluding hydrogens is 871 g/mol. The molecular formula is C43H69N15O9. The van der Waals surface area contributed by atoms with Crippen LogP contribution in [0.3, 0.4) is 0 Å². The average molecular weight is 940 g/mol. The number of aromatic hydroxyl groups is 1. The number of carbonyl (C=O) groups is 7. The fourth-order valence-electron chi connectivity index (χ4n) is 6.57. The van der Waals surface area contributed by atoms with Gasteiger partial charge in [-0.3, -0.25) is 43.5 Å². The second kappa shape index (κ2) is 30.1. The van der Waals surface area contributed by atoms with Gasteiger partial charge in [-0.15, -0.1) is 0 Å². The van der Waals surface area contributed by atoms with Gasteiger partial charge in [-0.25, -0.2) is 0 Å². The number of phenols is 1. The number of primary amides is 1. The number of carbonyl (C=O) groups excluding carboxylic acids is 7. The van der Waals surface area contributed by atoms with Gasteiger partial charge in [0, 0.05) is 25.2 Å². The summed E-state index contributed by atoms with van der Waals surface area (Å²) in [5.41, 5.74) is 40.1. The summed E-state index contributed by atoms with van der Waals surface area (Å²) in [6, 6.07) is 4.22. The highest BCUT2D eigenvalue weighted by atomic mass is 16.3. The van der Waals surface area contributed by atoms with E-state index in [1.165, 1.54) is 30.3 Å². The van der Waals surface area contributed by atoms with Crippen LogP contribution in [0.15, 0.2) is 58.5 Å². The van der Waals surface area contributed by atoms with E-state index in [1.807, 2.05) is 6.92 Å². The minimum atomic E-state index is -1.63. The monoisotopic (exact) mass is 940 g/mol. The summed E-state index contributed by atoms with van der Waals surface area (Å²) >= 11 is 0. The van der Waals surface area contributed by atoms with E-state index in [4.69, 9.17) is 40.1 Å². The lowest BCUT2D eigenvalue weighted by Crippen LogP contribution is -2.60. The highest BCUT2D eigenvalue weighted by Gasteiger charge is 2.33. The molecule has 2 rings (SSSR count). The highest BCUT2D eigenvalue weighted by Crippen LogP contribution is 2.14. The van der Waals surface area contributed by atoms with E-state index in [0.717, 1.165) is 0 Å². The van der Waals surface area contributed by atoms with Crippen LogP contribution in [0.25, 0.3) is 0 Å². The van der Waals surface area contributed by atoms with Gasteiger partial charge in [0.2, 0.25) is 35.4 Å². The number of unbranched alkanes of at least 4 members (excludes halogenated alkanes) is 2. The van der Waals surface area contributed by atoms with E-state index in [2.05, 4.69) is 41.9 Å². The lowest BCUT2D eigenvalue weighted by Gasteiger charge is -2.27. The van der Waals surface area contributed by atoms with Crippen LogP contribution in [0.5, 0.6) is 5.75 Å². The number of nitrogens with zero attached hydrogens (tertiary/aromatic N) is 2. The van der Waals surface area contributed by atoms with Gasteiger partial charge in [0.1, 0.15) is 42.0 Å². The summed E-state index contributed by atoms with van der Waals surface area (Å²) < 4.78 is 0. The molecule has 2 aromatic carbocycles.